The molecule has 12 nitrogen and oxygen atoms in total. The number of rotatable bonds is 19. The predicted molar refractivity (Wildman–Crippen MR) is 249 cm³/mol. The van der Waals surface area contributed by atoms with Gasteiger partial charge in [0.05, 0.1) is 43.4 Å². The maximum atomic E-state index is 13.5. The lowest BCUT2D eigenvalue weighted by Crippen LogP contribution is -2.30. The highest BCUT2D eigenvalue weighted by molar-refractivity contribution is 6.13. The molecule has 0 atom stereocenters. The van der Waals surface area contributed by atoms with Gasteiger partial charge in [-0.05, 0) is 147 Å². The number of hydrogen-bond acceptors (Lipinski definition) is 12. The van der Waals surface area contributed by atoms with Crippen LogP contribution in [-0.2, 0) is 28.7 Å². The Bertz CT molecular complexity index is 2480. The highest BCUT2D eigenvalue weighted by Crippen LogP contribution is 2.34. The van der Waals surface area contributed by atoms with Crippen LogP contribution in [0.15, 0.2) is 120 Å². The smallest absolute Gasteiger partial charge is 0.330 e. The Balaban J connectivity index is 0.935. The van der Waals surface area contributed by atoms with E-state index in [1.54, 1.807) is 48.7 Å². The average Bonchev–Trinajstić information content (AvgIpc) is 3.34. The third-order valence-corrected chi connectivity index (χ3v) is 12.1. The standard InChI is InChI=1S/C53H54N2O10/c1-2-50(57)62-30-10-4-3-9-29-61-43-23-25-44(26-24-43)63-51(58)38-19-21-39(22-20-38)52(59)64-45-27-28-49(65-53(60)37-17-15-36(35-56)16-18-37)42(32-45)33-54-55-34-48-46-13-7-5-11-40(46)31-41-12-6-8-14-47(41)48/h2,5-8,11-14,23-28,31-39H,1,3-4,9-10,15-22,29-30H2/b54-33+,55-34+. The third-order valence-electron chi connectivity index (χ3n) is 12.1. The molecule has 7 rings (SSSR count). The van der Waals surface area contributed by atoms with Crippen molar-refractivity contribution in [3.05, 3.63) is 121 Å². The van der Waals surface area contributed by atoms with Crippen molar-refractivity contribution < 1.29 is 47.7 Å². The van der Waals surface area contributed by atoms with E-state index in [0.717, 1.165) is 65.2 Å². The fraction of sp³-hybridized carbons (Fsp3) is 0.340. The van der Waals surface area contributed by atoms with E-state index in [2.05, 4.69) is 35.0 Å². The number of unbranched alkanes of at least 4 members (excludes halogenated alkanes) is 3. The van der Waals surface area contributed by atoms with Crippen molar-refractivity contribution in [1.82, 2.24) is 0 Å². The summed E-state index contributed by atoms with van der Waals surface area (Å²) in [5, 5.41) is 13.0. The molecule has 5 aromatic rings. The molecule has 2 fully saturated rings. The SMILES string of the molecule is C=CC(=O)OCCCCCCOc1ccc(OC(=O)C2CCC(C(=O)Oc3ccc(OC(=O)C4CCC(C=O)CC4)c(/C=N/N=C/c4c5ccccc5cc5ccccc45)c3)CC2)cc1. The molecule has 12 heteroatoms. The lowest BCUT2D eigenvalue weighted by atomic mass is 9.82. The lowest BCUT2D eigenvalue weighted by Gasteiger charge is -2.26. The van der Waals surface area contributed by atoms with Crippen molar-refractivity contribution in [2.24, 2.45) is 33.9 Å². The number of benzene rings is 5. The highest BCUT2D eigenvalue weighted by Gasteiger charge is 2.33. The van der Waals surface area contributed by atoms with Gasteiger partial charge in [-0.1, -0.05) is 55.1 Å². The minimum Gasteiger partial charge on any atom is -0.494 e. The molecule has 2 aliphatic carbocycles. The third kappa shape index (κ3) is 12.8. The van der Waals surface area contributed by atoms with Gasteiger partial charge in [-0.15, -0.1) is 0 Å². The van der Waals surface area contributed by atoms with E-state index in [-0.39, 0.29) is 41.2 Å². The van der Waals surface area contributed by atoms with E-state index in [0.29, 0.717) is 81.6 Å². The first-order valence-corrected chi connectivity index (χ1v) is 22.5. The van der Waals surface area contributed by atoms with E-state index in [1.807, 2.05) is 36.4 Å². The summed E-state index contributed by atoms with van der Waals surface area (Å²) in [6.07, 6.45) is 13.1. The van der Waals surface area contributed by atoms with Gasteiger partial charge in [-0.25, -0.2) is 4.79 Å². The molecular weight excluding hydrogens is 825 g/mol. The Hall–Kier alpha value is -6.95. The second-order valence-electron chi connectivity index (χ2n) is 16.6. The Labute approximate surface area is 378 Å². The largest absolute Gasteiger partial charge is 0.494 e. The minimum absolute atomic E-state index is 0.0379. The molecule has 0 heterocycles. The monoisotopic (exact) mass is 878 g/mol. The number of carbonyl (C=O) groups is 5. The minimum atomic E-state index is -0.415. The van der Waals surface area contributed by atoms with E-state index < -0.39 is 17.9 Å². The van der Waals surface area contributed by atoms with Gasteiger partial charge in [0.1, 0.15) is 29.3 Å². The molecule has 0 amide bonds. The lowest BCUT2D eigenvalue weighted by molar-refractivity contribution is -0.145. The highest BCUT2D eigenvalue weighted by atomic mass is 16.5. The molecule has 0 aliphatic heterocycles. The van der Waals surface area contributed by atoms with Gasteiger partial charge in [0.2, 0.25) is 0 Å². The van der Waals surface area contributed by atoms with E-state index >= 15 is 0 Å². The zero-order chi connectivity index (χ0) is 45.4. The summed E-state index contributed by atoms with van der Waals surface area (Å²) in [4.78, 5) is 62.3. The summed E-state index contributed by atoms with van der Waals surface area (Å²) >= 11 is 0. The molecule has 0 bridgehead atoms. The molecule has 0 radical (unpaired) electrons. The summed E-state index contributed by atoms with van der Waals surface area (Å²) in [7, 11) is 0. The van der Waals surface area contributed by atoms with Gasteiger partial charge in [0.25, 0.3) is 0 Å². The first-order chi connectivity index (χ1) is 31.8. The first-order valence-electron chi connectivity index (χ1n) is 22.5. The van der Waals surface area contributed by atoms with Crippen LogP contribution < -0.4 is 18.9 Å². The Morgan fingerprint density at radius 1 is 0.569 bits per heavy atom. The topological polar surface area (TPSA) is 156 Å². The van der Waals surface area contributed by atoms with Crippen LogP contribution in [0, 0.1) is 23.7 Å². The number of nitrogens with zero attached hydrogens (tertiary/aromatic N) is 2. The van der Waals surface area contributed by atoms with Crippen molar-refractivity contribution in [2.75, 3.05) is 13.2 Å². The maximum absolute atomic E-state index is 13.5. The summed E-state index contributed by atoms with van der Waals surface area (Å²) < 4.78 is 28.3. The first kappa shape index (κ1) is 46.1. The van der Waals surface area contributed by atoms with Crippen LogP contribution in [0.2, 0.25) is 0 Å². The summed E-state index contributed by atoms with van der Waals surface area (Å²) in [6, 6.07) is 30.0. The molecule has 2 aliphatic rings. The van der Waals surface area contributed by atoms with Crippen LogP contribution in [0.3, 0.4) is 0 Å². The Kier molecular flexibility index (Phi) is 16.4. The van der Waals surface area contributed by atoms with Crippen molar-refractivity contribution in [3.8, 4) is 23.0 Å². The molecule has 5 aromatic carbocycles. The number of aldehydes is 1. The van der Waals surface area contributed by atoms with Gasteiger partial charge in [-0.2, -0.15) is 10.2 Å². The molecule has 0 spiro atoms. The summed E-state index contributed by atoms with van der Waals surface area (Å²) in [5.41, 5.74) is 1.31. The summed E-state index contributed by atoms with van der Waals surface area (Å²) in [6.45, 7) is 4.30. The number of carbonyl (C=O) groups excluding carboxylic acids is 5. The summed E-state index contributed by atoms with van der Waals surface area (Å²) in [5.74, 6) is -1.09. The van der Waals surface area contributed by atoms with Gasteiger partial charge < -0.3 is 28.5 Å². The van der Waals surface area contributed by atoms with Crippen LogP contribution in [0.25, 0.3) is 21.5 Å². The van der Waals surface area contributed by atoms with Crippen LogP contribution in [-0.4, -0.2) is 55.8 Å². The molecule has 336 valence electrons. The van der Waals surface area contributed by atoms with E-state index in [1.165, 1.54) is 6.21 Å². The number of hydrogen-bond donors (Lipinski definition) is 0. The van der Waals surface area contributed by atoms with Gasteiger partial charge in [0, 0.05) is 23.1 Å². The van der Waals surface area contributed by atoms with Crippen LogP contribution in [0.1, 0.15) is 88.2 Å². The van der Waals surface area contributed by atoms with Crippen LogP contribution >= 0.6 is 0 Å². The number of fused-ring (bicyclic) bond motifs is 2. The van der Waals surface area contributed by atoms with Crippen molar-refractivity contribution in [2.45, 2.75) is 77.0 Å². The van der Waals surface area contributed by atoms with Crippen LogP contribution in [0.4, 0.5) is 0 Å². The zero-order valence-corrected chi connectivity index (χ0v) is 36.4. The van der Waals surface area contributed by atoms with E-state index in [9.17, 15) is 24.0 Å². The van der Waals surface area contributed by atoms with Crippen molar-refractivity contribution in [3.63, 3.8) is 0 Å². The number of esters is 4. The van der Waals surface area contributed by atoms with Crippen LogP contribution in [0.5, 0.6) is 23.0 Å². The zero-order valence-electron chi connectivity index (χ0n) is 36.4. The molecule has 0 saturated heterocycles. The van der Waals surface area contributed by atoms with Crippen molar-refractivity contribution in [1.29, 1.82) is 0 Å². The molecule has 2 saturated carbocycles. The average molecular weight is 879 g/mol. The molecular formula is C53H54N2O10. The van der Waals surface area contributed by atoms with Gasteiger partial charge in [-0.3, -0.25) is 14.4 Å². The predicted octanol–water partition coefficient (Wildman–Crippen LogP) is 10.3. The van der Waals surface area contributed by atoms with Crippen molar-refractivity contribution >= 4 is 64.1 Å². The quantitative estimate of drug-likeness (QED) is 0.0114. The molecule has 0 unspecified atom stereocenters. The second-order valence-corrected chi connectivity index (χ2v) is 16.6. The molecule has 0 aromatic heterocycles. The van der Waals surface area contributed by atoms with Gasteiger partial charge >= 0.3 is 23.9 Å². The fourth-order valence-electron chi connectivity index (χ4n) is 8.39. The number of ether oxygens (including phenoxy) is 5. The Morgan fingerprint density at radius 2 is 1.09 bits per heavy atom. The Morgan fingerprint density at radius 3 is 1.71 bits per heavy atom. The second kappa shape index (κ2) is 23.1. The fourth-order valence-corrected chi connectivity index (χ4v) is 8.39. The maximum Gasteiger partial charge on any atom is 0.330 e. The van der Waals surface area contributed by atoms with E-state index in [4.69, 9.17) is 23.7 Å². The normalized spacial score (nSPS) is 18.6. The van der Waals surface area contributed by atoms with Gasteiger partial charge in [0.15, 0.2) is 0 Å². The molecule has 65 heavy (non-hydrogen) atoms. The molecule has 0 N–H and O–H groups in total.